The molecule has 8 nitrogen and oxygen atoms in total. The van der Waals surface area contributed by atoms with Gasteiger partial charge >= 0.3 is 18.0 Å². The fraction of sp³-hybridized carbons (Fsp3) is 0.935. The van der Waals surface area contributed by atoms with E-state index < -0.39 is 12.2 Å². The summed E-state index contributed by atoms with van der Waals surface area (Å²) < 4.78 is 16.7. The normalized spacial score (nSPS) is 13.6. The SMILES string of the molecule is CCCCCCCCCCCCCCCCCC(=O)OCC(COC(=O)N1CC(CN(C)C)C1)OC(=O)CCCCCCCCCCCCCCCCC. The highest BCUT2D eigenvalue weighted by Gasteiger charge is 2.32. The van der Waals surface area contributed by atoms with E-state index >= 15 is 0 Å². The van der Waals surface area contributed by atoms with Crippen molar-refractivity contribution in [1.29, 1.82) is 0 Å². The molecule has 0 aromatic rings. The van der Waals surface area contributed by atoms with Gasteiger partial charge in [-0.05, 0) is 26.9 Å². The van der Waals surface area contributed by atoms with Crippen molar-refractivity contribution in [2.45, 2.75) is 225 Å². The number of carbonyl (C=O) groups is 3. The number of esters is 2. The van der Waals surface area contributed by atoms with E-state index in [1.807, 2.05) is 14.1 Å². The third-order valence-corrected chi connectivity index (χ3v) is 10.9. The van der Waals surface area contributed by atoms with Gasteiger partial charge < -0.3 is 24.0 Å². The monoisotopic (exact) mass is 765 g/mol. The minimum Gasteiger partial charge on any atom is -0.462 e. The highest BCUT2D eigenvalue weighted by molar-refractivity contribution is 5.71. The summed E-state index contributed by atoms with van der Waals surface area (Å²) in [6.07, 6.45) is 37.7. The quantitative estimate of drug-likeness (QED) is 0.0350. The van der Waals surface area contributed by atoms with E-state index in [1.165, 1.54) is 154 Å². The van der Waals surface area contributed by atoms with Crippen LogP contribution in [0, 0.1) is 5.92 Å². The first-order chi connectivity index (χ1) is 26.3. The molecular formula is C46H88N2O6. The lowest BCUT2D eigenvalue weighted by atomic mass is 10.0. The standard InChI is InChI=1S/C46H88N2O6/c1-5-7-9-11-13-15-17-19-21-23-25-27-29-31-33-35-44(49)52-40-43(41-53-46(51)48-38-42(39-48)37-47(3)4)54-45(50)36-34-32-30-28-26-24-22-20-18-16-14-12-10-8-6-2/h42-43H,5-41H2,1-4H3. The number of unbranched alkanes of at least 4 members (excludes halogenated alkanes) is 28. The Hall–Kier alpha value is -1.83. The van der Waals surface area contributed by atoms with Gasteiger partial charge in [-0.15, -0.1) is 0 Å². The molecule has 1 heterocycles. The summed E-state index contributed by atoms with van der Waals surface area (Å²) in [4.78, 5) is 41.7. The topological polar surface area (TPSA) is 85.4 Å². The Labute approximate surface area is 334 Å². The minimum atomic E-state index is -0.790. The van der Waals surface area contributed by atoms with Crippen molar-refractivity contribution in [3.63, 3.8) is 0 Å². The predicted molar refractivity (Wildman–Crippen MR) is 225 cm³/mol. The molecule has 54 heavy (non-hydrogen) atoms. The van der Waals surface area contributed by atoms with Gasteiger partial charge in [0.2, 0.25) is 0 Å². The molecule has 8 heteroatoms. The molecule has 0 aromatic carbocycles. The Morgan fingerprint density at radius 2 is 0.833 bits per heavy atom. The van der Waals surface area contributed by atoms with Crippen molar-refractivity contribution in [1.82, 2.24) is 9.80 Å². The summed E-state index contributed by atoms with van der Waals surface area (Å²) in [7, 11) is 4.06. The van der Waals surface area contributed by atoms with Gasteiger partial charge in [0.15, 0.2) is 6.10 Å². The van der Waals surface area contributed by atoms with Gasteiger partial charge in [0, 0.05) is 38.4 Å². The summed E-state index contributed by atoms with van der Waals surface area (Å²) in [6.45, 7) is 6.60. The van der Waals surface area contributed by atoms with Crippen molar-refractivity contribution < 1.29 is 28.6 Å². The molecule has 0 spiro atoms. The Kier molecular flexibility index (Phi) is 34.2. The van der Waals surface area contributed by atoms with Gasteiger partial charge in [-0.1, -0.05) is 194 Å². The first-order valence-electron chi connectivity index (χ1n) is 23.3. The van der Waals surface area contributed by atoms with Crippen LogP contribution >= 0.6 is 0 Å². The predicted octanol–water partition coefficient (Wildman–Crippen LogP) is 12.6. The Balaban J connectivity index is 2.21. The summed E-state index contributed by atoms with van der Waals surface area (Å²) in [5.74, 6) is -0.162. The zero-order valence-electron chi connectivity index (χ0n) is 36.2. The second kappa shape index (κ2) is 36.8. The summed E-state index contributed by atoms with van der Waals surface area (Å²) in [5.41, 5.74) is 0. The second-order valence-electron chi connectivity index (χ2n) is 16.8. The fourth-order valence-electron chi connectivity index (χ4n) is 7.51. The highest BCUT2D eigenvalue weighted by Crippen LogP contribution is 2.19. The molecule has 1 atom stereocenters. The van der Waals surface area contributed by atoms with E-state index in [2.05, 4.69) is 18.7 Å². The first kappa shape index (κ1) is 50.2. The van der Waals surface area contributed by atoms with Crippen LogP contribution < -0.4 is 0 Å². The number of carbonyl (C=O) groups excluding carboxylic acids is 3. The Morgan fingerprint density at radius 1 is 0.500 bits per heavy atom. The van der Waals surface area contributed by atoms with E-state index in [0.29, 0.717) is 31.8 Å². The van der Waals surface area contributed by atoms with Gasteiger partial charge in [0.05, 0.1) is 0 Å². The van der Waals surface area contributed by atoms with Crippen molar-refractivity contribution >= 4 is 18.0 Å². The number of hydrogen-bond donors (Lipinski definition) is 0. The molecule has 1 rings (SSSR count). The molecule has 0 radical (unpaired) electrons. The molecule has 0 bridgehead atoms. The molecule has 0 saturated carbocycles. The van der Waals surface area contributed by atoms with E-state index in [-0.39, 0.29) is 25.2 Å². The molecule has 0 aromatic heterocycles. The van der Waals surface area contributed by atoms with Crippen molar-refractivity contribution in [3.8, 4) is 0 Å². The van der Waals surface area contributed by atoms with Gasteiger partial charge in [0.25, 0.3) is 0 Å². The molecule has 1 aliphatic heterocycles. The molecular weight excluding hydrogens is 677 g/mol. The zero-order valence-corrected chi connectivity index (χ0v) is 36.2. The van der Waals surface area contributed by atoms with Crippen LogP contribution in [0.3, 0.4) is 0 Å². The molecule has 318 valence electrons. The first-order valence-corrected chi connectivity index (χ1v) is 23.3. The minimum absolute atomic E-state index is 0.0846. The maximum Gasteiger partial charge on any atom is 0.409 e. The maximum absolute atomic E-state index is 12.7. The lowest BCUT2D eigenvalue weighted by molar-refractivity contribution is -0.161. The number of nitrogens with zero attached hydrogens (tertiary/aromatic N) is 2. The number of amides is 1. The van der Waals surface area contributed by atoms with E-state index in [4.69, 9.17) is 14.2 Å². The third kappa shape index (κ3) is 31.4. The molecule has 0 aliphatic carbocycles. The van der Waals surface area contributed by atoms with Crippen LogP contribution in [-0.4, -0.2) is 80.9 Å². The fourth-order valence-corrected chi connectivity index (χ4v) is 7.51. The van der Waals surface area contributed by atoms with Crippen molar-refractivity contribution in [2.75, 3.05) is 46.9 Å². The average molecular weight is 765 g/mol. The molecule has 1 amide bonds. The number of rotatable bonds is 39. The van der Waals surface area contributed by atoms with Crippen LogP contribution in [0.15, 0.2) is 0 Å². The number of likely N-dealkylation sites (tertiary alicyclic amines) is 1. The van der Waals surface area contributed by atoms with Crippen LogP contribution in [-0.2, 0) is 23.8 Å². The van der Waals surface area contributed by atoms with Crippen LogP contribution in [0.2, 0.25) is 0 Å². The third-order valence-electron chi connectivity index (χ3n) is 10.9. The molecule has 1 fully saturated rings. The van der Waals surface area contributed by atoms with E-state index in [9.17, 15) is 14.4 Å². The molecule has 1 unspecified atom stereocenters. The van der Waals surface area contributed by atoms with Gasteiger partial charge in [-0.3, -0.25) is 9.59 Å². The smallest absolute Gasteiger partial charge is 0.409 e. The van der Waals surface area contributed by atoms with Crippen molar-refractivity contribution in [3.05, 3.63) is 0 Å². The second-order valence-corrected chi connectivity index (χ2v) is 16.8. The van der Waals surface area contributed by atoms with Crippen LogP contribution in [0.5, 0.6) is 0 Å². The largest absolute Gasteiger partial charge is 0.462 e. The van der Waals surface area contributed by atoms with Crippen LogP contribution in [0.1, 0.15) is 219 Å². The number of ether oxygens (including phenoxy) is 3. The number of hydrogen-bond acceptors (Lipinski definition) is 7. The Morgan fingerprint density at radius 3 is 1.20 bits per heavy atom. The summed E-state index contributed by atoms with van der Waals surface area (Å²) in [5, 5.41) is 0. The van der Waals surface area contributed by atoms with E-state index in [1.54, 1.807) is 4.90 Å². The molecule has 1 aliphatic rings. The molecule has 0 N–H and O–H groups in total. The van der Waals surface area contributed by atoms with Crippen molar-refractivity contribution in [2.24, 2.45) is 5.92 Å². The van der Waals surface area contributed by atoms with Crippen LogP contribution in [0.4, 0.5) is 4.79 Å². The molecule has 1 saturated heterocycles. The zero-order chi connectivity index (χ0) is 39.3. The average Bonchev–Trinajstić information content (AvgIpc) is 3.13. The van der Waals surface area contributed by atoms with Gasteiger partial charge in [0.1, 0.15) is 13.2 Å². The lowest BCUT2D eigenvalue weighted by Crippen LogP contribution is -2.53. The van der Waals surface area contributed by atoms with Crippen LogP contribution in [0.25, 0.3) is 0 Å². The Bertz CT molecular complexity index is 877. The lowest BCUT2D eigenvalue weighted by Gasteiger charge is -2.39. The highest BCUT2D eigenvalue weighted by atomic mass is 16.6. The van der Waals surface area contributed by atoms with Gasteiger partial charge in [-0.2, -0.15) is 0 Å². The summed E-state index contributed by atoms with van der Waals surface area (Å²) in [6, 6.07) is 0. The maximum atomic E-state index is 12.7. The van der Waals surface area contributed by atoms with Gasteiger partial charge in [-0.25, -0.2) is 4.79 Å². The van der Waals surface area contributed by atoms with E-state index in [0.717, 1.165) is 45.1 Å². The summed E-state index contributed by atoms with van der Waals surface area (Å²) >= 11 is 0.